The van der Waals surface area contributed by atoms with Gasteiger partial charge in [-0.2, -0.15) is 0 Å². The van der Waals surface area contributed by atoms with Crippen LogP contribution >= 0.6 is 0 Å². The van der Waals surface area contributed by atoms with E-state index in [1.807, 2.05) is 38.1 Å². The van der Waals surface area contributed by atoms with Crippen LogP contribution in [0.3, 0.4) is 0 Å². The summed E-state index contributed by atoms with van der Waals surface area (Å²) >= 11 is 0. The minimum absolute atomic E-state index is 0.272. The molecule has 3 heteroatoms. The van der Waals surface area contributed by atoms with Gasteiger partial charge < -0.3 is 10.1 Å². The topological polar surface area (TPSA) is 21.3 Å². The smallest absolute Gasteiger partial charge is 0.130 e. The van der Waals surface area contributed by atoms with Crippen LogP contribution in [0.5, 0.6) is 11.5 Å². The van der Waals surface area contributed by atoms with Crippen LogP contribution in [0.1, 0.15) is 30.0 Å². The van der Waals surface area contributed by atoms with Crippen LogP contribution in [0.25, 0.3) is 0 Å². The van der Waals surface area contributed by atoms with Gasteiger partial charge in [-0.05, 0) is 61.7 Å². The van der Waals surface area contributed by atoms with Gasteiger partial charge in [-0.3, -0.25) is 0 Å². The number of halogens is 1. The molecule has 0 saturated heterocycles. The van der Waals surface area contributed by atoms with Crippen LogP contribution in [0.15, 0.2) is 36.4 Å². The summed E-state index contributed by atoms with van der Waals surface area (Å²) in [5.74, 6) is 1.04. The van der Waals surface area contributed by atoms with Gasteiger partial charge in [0, 0.05) is 12.6 Å². The first-order chi connectivity index (χ1) is 10.1. The van der Waals surface area contributed by atoms with Crippen LogP contribution in [0.4, 0.5) is 4.39 Å². The van der Waals surface area contributed by atoms with Crippen molar-refractivity contribution >= 4 is 0 Å². The van der Waals surface area contributed by atoms with Crippen LogP contribution in [0.2, 0.25) is 0 Å². The number of hydrogen-bond donors (Lipinski definition) is 1. The van der Waals surface area contributed by atoms with Crippen LogP contribution < -0.4 is 10.1 Å². The highest BCUT2D eigenvalue weighted by Crippen LogP contribution is 2.28. The summed E-state index contributed by atoms with van der Waals surface area (Å²) in [5.41, 5.74) is 3.13. The van der Waals surface area contributed by atoms with Crippen molar-refractivity contribution < 1.29 is 9.13 Å². The molecule has 112 valence electrons. The second kappa shape index (κ2) is 7.23. The van der Waals surface area contributed by atoms with E-state index in [-0.39, 0.29) is 5.82 Å². The summed E-state index contributed by atoms with van der Waals surface area (Å²) in [6.45, 7) is 7.72. The Balaban J connectivity index is 2.17. The number of aryl methyl sites for hydroxylation is 1. The van der Waals surface area contributed by atoms with Crippen LogP contribution in [0, 0.1) is 19.7 Å². The minimum Gasteiger partial charge on any atom is -0.457 e. The molecule has 2 rings (SSSR count). The fourth-order valence-electron chi connectivity index (χ4n) is 2.15. The molecular formula is C18H22FNO. The van der Waals surface area contributed by atoms with E-state index in [1.54, 1.807) is 6.07 Å². The molecule has 0 aliphatic heterocycles. The van der Waals surface area contributed by atoms with Crippen molar-refractivity contribution in [2.75, 3.05) is 6.54 Å². The molecule has 2 aromatic rings. The van der Waals surface area contributed by atoms with Crippen molar-refractivity contribution in [1.29, 1.82) is 0 Å². The van der Waals surface area contributed by atoms with Crippen LogP contribution in [-0.2, 0) is 6.54 Å². The van der Waals surface area contributed by atoms with Gasteiger partial charge in [-0.15, -0.1) is 0 Å². The molecule has 0 radical (unpaired) electrons. The Bertz CT molecular complexity index is 610. The van der Waals surface area contributed by atoms with Crippen molar-refractivity contribution in [3.05, 3.63) is 58.9 Å². The van der Waals surface area contributed by atoms with Crippen molar-refractivity contribution in [1.82, 2.24) is 5.32 Å². The third-order valence-electron chi connectivity index (χ3n) is 3.47. The molecule has 2 aromatic carbocycles. The zero-order valence-corrected chi connectivity index (χ0v) is 12.9. The summed E-state index contributed by atoms with van der Waals surface area (Å²) in [6.07, 6.45) is 1.06. The lowest BCUT2D eigenvalue weighted by Gasteiger charge is -2.12. The highest BCUT2D eigenvalue weighted by Gasteiger charge is 2.06. The SMILES string of the molecule is CCCNCc1cc(F)cc(Oc2cccc(C)c2C)c1. The lowest BCUT2D eigenvalue weighted by atomic mass is 10.1. The molecule has 0 bridgehead atoms. The van der Waals surface area contributed by atoms with E-state index < -0.39 is 0 Å². The summed E-state index contributed by atoms with van der Waals surface area (Å²) in [7, 11) is 0. The number of rotatable bonds is 6. The molecule has 21 heavy (non-hydrogen) atoms. The lowest BCUT2D eigenvalue weighted by molar-refractivity contribution is 0.471. The Kier molecular flexibility index (Phi) is 5.34. The van der Waals surface area contributed by atoms with Gasteiger partial charge in [0.05, 0.1) is 0 Å². The molecule has 2 nitrogen and oxygen atoms in total. The molecule has 0 heterocycles. The van der Waals surface area contributed by atoms with E-state index in [9.17, 15) is 4.39 Å². The number of benzene rings is 2. The van der Waals surface area contributed by atoms with Gasteiger partial charge in [-0.1, -0.05) is 19.1 Å². The lowest BCUT2D eigenvalue weighted by Crippen LogP contribution is -2.13. The predicted octanol–water partition coefficient (Wildman–Crippen LogP) is 4.73. The van der Waals surface area contributed by atoms with Crippen molar-refractivity contribution in [3.63, 3.8) is 0 Å². The maximum absolute atomic E-state index is 13.7. The monoisotopic (exact) mass is 287 g/mol. The maximum Gasteiger partial charge on any atom is 0.130 e. The van der Waals surface area contributed by atoms with Gasteiger partial charge >= 0.3 is 0 Å². The molecule has 0 aliphatic rings. The average molecular weight is 287 g/mol. The second-order valence-corrected chi connectivity index (χ2v) is 5.27. The Labute approximate surface area is 126 Å². The Hall–Kier alpha value is -1.87. The van der Waals surface area contributed by atoms with Gasteiger partial charge in [-0.25, -0.2) is 4.39 Å². The van der Waals surface area contributed by atoms with Gasteiger partial charge in [0.2, 0.25) is 0 Å². The third-order valence-corrected chi connectivity index (χ3v) is 3.47. The van der Waals surface area contributed by atoms with E-state index in [1.165, 1.54) is 6.07 Å². The fraction of sp³-hybridized carbons (Fsp3) is 0.333. The van der Waals surface area contributed by atoms with E-state index in [0.29, 0.717) is 12.3 Å². The maximum atomic E-state index is 13.7. The highest BCUT2D eigenvalue weighted by atomic mass is 19.1. The van der Waals surface area contributed by atoms with E-state index in [2.05, 4.69) is 12.2 Å². The molecule has 1 N–H and O–H groups in total. The predicted molar refractivity (Wildman–Crippen MR) is 84.4 cm³/mol. The standard InChI is InChI=1S/C18H22FNO/c1-4-8-20-12-15-9-16(19)11-17(10-15)21-18-7-5-6-13(2)14(18)3/h5-7,9-11,20H,4,8,12H2,1-3H3. The van der Waals surface area contributed by atoms with Gasteiger partial charge in [0.1, 0.15) is 17.3 Å². The van der Waals surface area contributed by atoms with Crippen molar-refractivity contribution in [2.24, 2.45) is 0 Å². The molecule has 0 aromatic heterocycles. The Morgan fingerprint density at radius 1 is 1.14 bits per heavy atom. The number of nitrogens with one attached hydrogen (secondary N) is 1. The molecule has 0 amide bonds. The highest BCUT2D eigenvalue weighted by molar-refractivity contribution is 5.42. The van der Waals surface area contributed by atoms with Gasteiger partial charge in [0.25, 0.3) is 0 Å². The Morgan fingerprint density at radius 3 is 2.71 bits per heavy atom. The molecule has 0 atom stereocenters. The molecule has 0 aliphatic carbocycles. The third kappa shape index (κ3) is 4.30. The summed E-state index contributed by atoms with van der Waals surface area (Å²) in [4.78, 5) is 0. The largest absolute Gasteiger partial charge is 0.457 e. The number of ether oxygens (including phenoxy) is 1. The molecule has 0 unspecified atom stereocenters. The molecular weight excluding hydrogens is 265 g/mol. The van der Waals surface area contributed by atoms with E-state index in [4.69, 9.17) is 4.74 Å². The second-order valence-electron chi connectivity index (χ2n) is 5.27. The summed E-state index contributed by atoms with van der Waals surface area (Å²) < 4.78 is 19.6. The number of hydrogen-bond acceptors (Lipinski definition) is 2. The summed E-state index contributed by atoms with van der Waals surface area (Å²) in [5, 5.41) is 3.27. The first-order valence-electron chi connectivity index (χ1n) is 7.34. The molecule has 0 spiro atoms. The zero-order valence-electron chi connectivity index (χ0n) is 12.9. The fourth-order valence-corrected chi connectivity index (χ4v) is 2.15. The minimum atomic E-state index is -0.272. The quantitative estimate of drug-likeness (QED) is 0.775. The van der Waals surface area contributed by atoms with Crippen molar-refractivity contribution in [3.8, 4) is 11.5 Å². The van der Waals surface area contributed by atoms with Crippen LogP contribution in [-0.4, -0.2) is 6.54 Å². The van der Waals surface area contributed by atoms with Crippen molar-refractivity contribution in [2.45, 2.75) is 33.7 Å². The Morgan fingerprint density at radius 2 is 1.95 bits per heavy atom. The van der Waals surface area contributed by atoms with Gasteiger partial charge in [0.15, 0.2) is 0 Å². The average Bonchev–Trinajstić information content (AvgIpc) is 2.44. The van der Waals surface area contributed by atoms with E-state index >= 15 is 0 Å². The normalized spacial score (nSPS) is 10.7. The first kappa shape index (κ1) is 15.5. The first-order valence-corrected chi connectivity index (χ1v) is 7.34. The zero-order chi connectivity index (χ0) is 15.2. The molecule has 0 fully saturated rings. The molecule has 0 saturated carbocycles. The summed E-state index contributed by atoms with van der Waals surface area (Å²) in [6, 6.07) is 10.7. The van der Waals surface area contributed by atoms with E-state index in [0.717, 1.165) is 35.4 Å².